The first-order valence-corrected chi connectivity index (χ1v) is 12.1. The van der Waals surface area contributed by atoms with Crippen LogP contribution in [-0.4, -0.2) is 27.6 Å². The number of alkyl halides is 3. The second-order valence-corrected chi connectivity index (χ2v) is 9.37. The van der Waals surface area contributed by atoms with Crippen LogP contribution in [0.25, 0.3) is 16.9 Å². The second-order valence-electron chi connectivity index (χ2n) is 7.51. The van der Waals surface area contributed by atoms with Gasteiger partial charge in [-0.1, -0.05) is 57.5 Å². The molecule has 1 N–H and O–H groups in total. The summed E-state index contributed by atoms with van der Waals surface area (Å²) >= 11 is 4.64. The summed E-state index contributed by atoms with van der Waals surface area (Å²) in [6, 6.07) is 20.6. The fourth-order valence-electron chi connectivity index (χ4n) is 3.27. The second kappa shape index (κ2) is 10.6. The average molecular weight is 562 g/mol. The Morgan fingerprint density at radius 3 is 2.31 bits per heavy atom. The number of amides is 1. The fourth-order valence-corrected chi connectivity index (χ4v) is 4.33. The number of aromatic nitrogens is 2. The highest BCUT2D eigenvalue weighted by molar-refractivity contribution is 9.10. The molecule has 0 fully saturated rings. The van der Waals surface area contributed by atoms with Gasteiger partial charge in [-0.2, -0.15) is 0 Å². The SMILES string of the molecule is Cc1ccc(NC(=O)CSc2ncc(-c3ccc(Br)cc3)n2-c2ccc(OC(F)(F)F)cc2)cc1. The summed E-state index contributed by atoms with van der Waals surface area (Å²) < 4.78 is 44.4. The lowest BCUT2D eigenvalue weighted by Gasteiger charge is -2.14. The van der Waals surface area contributed by atoms with Gasteiger partial charge in [-0.25, -0.2) is 4.98 Å². The molecule has 0 aliphatic carbocycles. The maximum atomic E-state index is 12.6. The predicted octanol–water partition coefficient (Wildman–Crippen LogP) is 7.24. The summed E-state index contributed by atoms with van der Waals surface area (Å²) in [7, 11) is 0. The number of nitrogens with zero attached hydrogens (tertiary/aromatic N) is 2. The molecule has 3 aromatic carbocycles. The molecule has 1 aromatic heterocycles. The molecule has 1 heterocycles. The van der Waals surface area contributed by atoms with E-state index in [4.69, 9.17) is 0 Å². The van der Waals surface area contributed by atoms with Crippen molar-refractivity contribution in [3.8, 4) is 22.7 Å². The highest BCUT2D eigenvalue weighted by atomic mass is 79.9. The Morgan fingerprint density at radius 2 is 1.69 bits per heavy atom. The Bertz CT molecular complexity index is 1310. The number of anilines is 1. The molecule has 0 unspecified atom stereocenters. The van der Waals surface area contributed by atoms with Crippen LogP contribution in [0.5, 0.6) is 5.75 Å². The van der Waals surface area contributed by atoms with Gasteiger partial charge >= 0.3 is 6.36 Å². The number of benzene rings is 3. The van der Waals surface area contributed by atoms with E-state index in [1.54, 1.807) is 10.8 Å². The van der Waals surface area contributed by atoms with E-state index in [1.807, 2.05) is 55.5 Å². The molecule has 180 valence electrons. The van der Waals surface area contributed by atoms with Crippen molar-refractivity contribution in [1.82, 2.24) is 9.55 Å². The molecule has 0 radical (unpaired) electrons. The third-order valence-corrected chi connectivity index (χ3v) is 6.35. The molecule has 4 rings (SSSR count). The molecule has 0 atom stereocenters. The van der Waals surface area contributed by atoms with Crippen LogP contribution in [0.1, 0.15) is 5.56 Å². The minimum atomic E-state index is -4.77. The minimum Gasteiger partial charge on any atom is -0.406 e. The zero-order valence-corrected chi connectivity index (χ0v) is 20.7. The van der Waals surface area contributed by atoms with E-state index in [0.29, 0.717) is 16.5 Å². The molecule has 1 amide bonds. The van der Waals surface area contributed by atoms with Gasteiger partial charge in [0.2, 0.25) is 5.91 Å². The molecule has 0 saturated carbocycles. The summed E-state index contributed by atoms with van der Waals surface area (Å²) in [4.78, 5) is 17.0. The highest BCUT2D eigenvalue weighted by Crippen LogP contribution is 2.32. The maximum Gasteiger partial charge on any atom is 0.573 e. The van der Waals surface area contributed by atoms with Crippen LogP contribution in [0.2, 0.25) is 0 Å². The zero-order valence-electron chi connectivity index (χ0n) is 18.3. The lowest BCUT2D eigenvalue weighted by Crippen LogP contribution is -2.17. The summed E-state index contributed by atoms with van der Waals surface area (Å²) in [5.41, 5.74) is 3.94. The van der Waals surface area contributed by atoms with Crippen molar-refractivity contribution in [2.45, 2.75) is 18.4 Å². The van der Waals surface area contributed by atoms with Gasteiger partial charge in [0.05, 0.1) is 17.6 Å². The van der Waals surface area contributed by atoms with Crippen molar-refractivity contribution in [2.24, 2.45) is 0 Å². The third kappa shape index (κ3) is 6.67. The molecule has 4 aromatic rings. The third-order valence-electron chi connectivity index (χ3n) is 4.87. The number of rotatable bonds is 7. The Balaban J connectivity index is 1.60. The van der Waals surface area contributed by atoms with Crippen molar-refractivity contribution in [3.05, 3.63) is 89.0 Å². The van der Waals surface area contributed by atoms with Gasteiger partial charge in [0.25, 0.3) is 0 Å². The number of hydrogen-bond donors (Lipinski definition) is 1. The molecule has 5 nitrogen and oxygen atoms in total. The van der Waals surface area contributed by atoms with Crippen LogP contribution >= 0.6 is 27.7 Å². The Kier molecular flexibility index (Phi) is 7.51. The van der Waals surface area contributed by atoms with E-state index in [-0.39, 0.29) is 17.4 Å². The van der Waals surface area contributed by atoms with E-state index in [1.165, 1.54) is 36.0 Å². The Hall–Kier alpha value is -3.24. The summed E-state index contributed by atoms with van der Waals surface area (Å²) in [6.45, 7) is 1.96. The zero-order chi connectivity index (χ0) is 25.0. The van der Waals surface area contributed by atoms with Crippen LogP contribution in [0.4, 0.5) is 18.9 Å². The average Bonchev–Trinajstić information content (AvgIpc) is 3.23. The first kappa shape index (κ1) is 24.9. The lowest BCUT2D eigenvalue weighted by atomic mass is 10.1. The molecule has 10 heteroatoms. The van der Waals surface area contributed by atoms with Crippen LogP contribution in [-0.2, 0) is 4.79 Å². The molecule has 35 heavy (non-hydrogen) atoms. The molecular weight excluding hydrogens is 543 g/mol. The Morgan fingerprint density at radius 1 is 1.03 bits per heavy atom. The number of carbonyl (C=O) groups is 1. The number of halogens is 4. The number of nitrogens with one attached hydrogen (secondary N) is 1. The van der Waals surface area contributed by atoms with Gasteiger partial charge in [0, 0.05) is 21.4 Å². The number of thioether (sulfide) groups is 1. The van der Waals surface area contributed by atoms with Crippen molar-refractivity contribution < 1.29 is 22.7 Å². The minimum absolute atomic E-state index is 0.0972. The molecule has 0 aliphatic rings. The van der Waals surface area contributed by atoms with E-state index in [9.17, 15) is 18.0 Å². The molecule has 0 spiro atoms. The summed E-state index contributed by atoms with van der Waals surface area (Å²) in [6.07, 6.45) is -3.10. The van der Waals surface area contributed by atoms with Crippen molar-refractivity contribution in [1.29, 1.82) is 0 Å². The van der Waals surface area contributed by atoms with Crippen molar-refractivity contribution in [2.75, 3.05) is 11.1 Å². The molecule has 0 bridgehead atoms. The van der Waals surface area contributed by atoms with Crippen LogP contribution < -0.4 is 10.1 Å². The van der Waals surface area contributed by atoms with Crippen molar-refractivity contribution in [3.63, 3.8) is 0 Å². The van der Waals surface area contributed by atoms with E-state index >= 15 is 0 Å². The monoisotopic (exact) mass is 561 g/mol. The maximum absolute atomic E-state index is 12.6. The van der Waals surface area contributed by atoms with Crippen LogP contribution in [0.3, 0.4) is 0 Å². The largest absolute Gasteiger partial charge is 0.573 e. The highest BCUT2D eigenvalue weighted by Gasteiger charge is 2.31. The topological polar surface area (TPSA) is 56.2 Å². The number of ether oxygens (including phenoxy) is 1. The van der Waals surface area contributed by atoms with E-state index in [2.05, 4.69) is 31.0 Å². The first-order chi connectivity index (χ1) is 16.7. The van der Waals surface area contributed by atoms with E-state index in [0.717, 1.165) is 21.3 Å². The fraction of sp³-hybridized carbons (Fsp3) is 0.120. The van der Waals surface area contributed by atoms with Crippen LogP contribution in [0.15, 0.2) is 88.6 Å². The van der Waals surface area contributed by atoms with Gasteiger partial charge in [0.1, 0.15) is 5.75 Å². The number of aryl methyl sites for hydroxylation is 1. The standard InChI is InChI=1S/C25H19BrF3N3O2S/c1-16-2-8-19(9-3-16)31-23(33)15-35-24-30-14-22(17-4-6-18(26)7-5-17)32(24)20-10-12-21(13-11-20)34-25(27,28)29/h2-14H,15H2,1H3,(H,31,33). The number of hydrogen-bond acceptors (Lipinski definition) is 4. The summed E-state index contributed by atoms with van der Waals surface area (Å²) in [5.74, 6) is -0.425. The van der Waals surface area contributed by atoms with Gasteiger partial charge in [-0.05, 0) is 55.5 Å². The van der Waals surface area contributed by atoms with Gasteiger partial charge in [-0.3, -0.25) is 9.36 Å². The quantitative estimate of drug-likeness (QED) is 0.242. The number of carbonyl (C=O) groups excluding carboxylic acids is 1. The lowest BCUT2D eigenvalue weighted by molar-refractivity contribution is -0.274. The molecular formula is C25H19BrF3N3O2S. The normalized spacial score (nSPS) is 11.3. The van der Waals surface area contributed by atoms with Crippen molar-refractivity contribution >= 4 is 39.3 Å². The van der Waals surface area contributed by atoms with Crippen LogP contribution in [0, 0.1) is 6.92 Å². The smallest absolute Gasteiger partial charge is 0.406 e. The first-order valence-electron chi connectivity index (χ1n) is 10.4. The predicted molar refractivity (Wildman–Crippen MR) is 134 cm³/mol. The van der Waals surface area contributed by atoms with Gasteiger partial charge in [-0.15, -0.1) is 13.2 Å². The molecule has 0 aliphatic heterocycles. The Labute approximate surface area is 212 Å². The van der Waals surface area contributed by atoms with Gasteiger partial charge in [0.15, 0.2) is 5.16 Å². The van der Waals surface area contributed by atoms with E-state index < -0.39 is 6.36 Å². The molecule has 0 saturated heterocycles. The number of imidazole rings is 1. The summed E-state index contributed by atoms with van der Waals surface area (Å²) in [5, 5.41) is 3.37. The van der Waals surface area contributed by atoms with Gasteiger partial charge < -0.3 is 10.1 Å².